The normalized spacial score (nSPS) is 10.8. The second-order valence-electron chi connectivity index (χ2n) is 5.00. The minimum atomic E-state index is -0.271. The number of rotatable bonds is 6. The van der Waals surface area contributed by atoms with Crippen molar-refractivity contribution in [2.24, 2.45) is 7.05 Å². The quantitative estimate of drug-likeness (QED) is 0.479. The van der Waals surface area contributed by atoms with Crippen molar-refractivity contribution in [3.8, 4) is 17.1 Å². The molecule has 124 valence electrons. The Morgan fingerprint density at radius 3 is 2.62 bits per heavy atom. The molecular formula is C17H15ClFN3OS. The number of nitrogens with zero attached hydrogens (tertiary/aromatic N) is 3. The van der Waals surface area contributed by atoms with Gasteiger partial charge in [-0.05, 0) is 36.4 Å². The van der Waals surface area contributed by atoms with E-state index in [1.165, 1.54) is 23.9 Å². The zero-order chi connectivity index (χ0) is 16.9. The molecule has 0 unspecified atom stereocenters. The molecule has 0 fully saturated rings. The van der Waals surface area contributed by atoms with Gasteiger partial charge >= 0.3 is 0 Å². The number of hydrogen-bond acceptors (Lipinski definition) is 4. The molecule has 4 nitrogen and oxygen atoms in total. The Morgan fingerprint density at radius 2 is 1.88 bits per heavy atom. The van der Waals surface area contributed by atoms with Crippen molar-refractivity contribution in [2.75, 3.05) is 12.4 Å². The molecule has 0 N–H and O–H groups in total. The summed E-state index contributed by atoms with van der Waals surface area (Å²) in [6.45, 7) is 0.507. The third kappa shape index (κ3) is 3.88. The van der Waals surface area contributed by atoms with E-state index in [0.29, 0.717) is 29.0 Å². The van der Waals surface area contributed by atoms with Gasteiger partial charge in [0.1, 0.15) is 11.6 Å². The van der Waals surface area contributed by atoms with Crippen molar-refractivity contribution in [1.82, 2.24) is 14.8 Å². The number of thioether (sulfide) groups is 1. The zero-order valence-electron chi connectivity index (χ0n) is 12.9. The van der Waals surface area contributed by atoms with Gasteiger partial charge in [-0.25, -0.2) is 4.39 Å². The fourth-order valence-corrected chi connectivity index (χ4v) is 3.06. The molecule has 24 heavy (non-hydrogen) atoms. The van der Waals surface area contributed by atoms with Crippen LogP contribution in [0.5, 0.6) is 5.75 Å². The molecule has 3 aromatic rings. The molecule has 3 rings (SSSR count). The molecule has 0 aliphatic heterocycles. The van der Waals surface area contributed by atoms with Crippen LogP contribution in [-0.2, 0) is 7.05 Å². The lowest BCUT2D eigenvalue weighted by Crippen LogP contribution is -2.02. The van der Waals surface area contributed by atoms with Crippen LogP contribution in [0.1, 0.15) is 0 Å². The van der Waals surface area contributed by atoms with Crippen LogP contribution in [0, 0.1) is 5.82 Å². The summed E-state index contributed by atoms with van der Waals surface area (Å²) in [4.78, 5) is 0. The number of para-hydroxylation sites is 1. The molecule has 0 saturated heterocycles. The maximum atomic E-state index is 13.0. The fraction of sp³-hybridized carbons (Fsp3) is 0.176. The second kappa shape index (κ2) is 7.68. The molecule has 0 saturated carbocycles. The molecule has 0 radical (unpaired) electrons. The first kappa shape index (κ1) is 16.8. The molecule has 1 aromatic heterocycles. The van der Waals surface area contributed by atoms with E-state index < -0.39 is 0 Å². The Morgan fingerprint density at radius 1 is 1.12 bits per heavy atom. The average molecular weight is 364 g/mol. The van der Waals surface area contributed by atoms with Crippen LogP contribution in [0.25, 0.3) is 11.4 Å². The summed E-state index contributed by atoms with van der Waals surface area (Å²) in [5.74, 6) is 1.81. The van der Waals surface area contributed by atoms with Gasteiger partial charge in [-0.15, -0.1) is 10.2 Å². The Balaban J connectivity index is 1.58. The van der Waals surface area contributed by atoms with Gasteiger partial charge in [-0.1, -0.05) is 35.5 Å². The van der Waals surface area contributed by atoms with Crippen LogP contribution in [0.3, 0.4) is 0 Å². The Labute approximate surface area is 148 Å². The van der Waals surface area contributed by atoms with E-state index in [2.05, 4.69) is 10.2 Å². The van der Waals surface area contributed by atoms with Crippen molar-refractivity contribution in [3.63, 3.8) is 0 Å². The summed E-state index contributed by atoms with van der Waals surface area (Å²) in [5, 5.41) is 9.72. The molecule has 2 aromatic carbocycles. The third-order valence-corrected chi connectivity index (χ3v) is 4.64. The monoisotopic (exact) mass is 363 g/mol. The van der Waals surface area contributed by atoms with E-state index in [9.17, 15) is 4.39 Å². The van der Waals surface area contributed by atoms with Crippen LogP contribution in [-0.4, -0.2) is 27.1 Å². The minimum Gasteiger partial charge on any atom is -0.491 e. The first-order valence-corrected chi connectivity index (χ1v) is 8.67. The summed E-state index contributed by atoms with van der Waals surface area (Å²) >= 11 is 7.58. The van der Waals surface area contributed by atoms with Crippen molar-refractivity contribution in [1.29, 1.82) is 0 Å². The van der Waals surface area contributed by atoms with Crippen LogP contribution in [0.15, 0.2) is 53.7 Å². The van der Waals surface area contributed by atoms with Crippen molar-refractivity contribution in [2.45, 2.75) is 5.16 Å². The summed E-state index contributed by atoms with van der Waals surface area (Å²) in [6, 6.07) is 13.6. The molecule has 0 bridgehead atoms. The van der Waals surface area contributed by atoms with Gasteiger partial charge in [0.2, 0.25) is 0 Å². The largest absolute Gasteiger partial charge is 0.491 e. The molecule has 0 atom stereocenters. The van der Waals surface area contributed by atoms with Crippen molar-refractivity contribution < 1.29 is 9.13 Å². The van der Waals surface area contributed by atoms with Gasteiger partial charge in [0.15, 0.2) is 11.0 Å². The second-order valence-corrected chi connectivity index (χ2v) is 6.47. The maximum absolute atomic E-state index is 13.0. The van der Waals surface area contributed by atoms with Gasteiger partial charge in [-0.3, -0.25) is 0 Å². The molecule has 0 spiro atoms. The number of benzene rings is 2. The summed E-state index contributed by atoms with van der Waals surface area (Å²) in [5.41, 5.74) is 0.825. The fourth-order valence-electron chi connectivity index (χ4n) is 2.14. The SMILES string of the molecule is Cn1c(SCCOc2ccccc2Cl)nnc1-c1ccc(F)cc1. The van der Waals surface area contributed by atoms with Crippen LogP contribution >= 0.6 is 23.4 Å². The Bertz CT molecular complexity index is 823. The zero-order valence-corrected chi connectivity index (χ0v) is 14.5. The highest BCUT2D eigenvalue weighted by Gasteiger charge is 2.11. The molecule has 0 aliphatic rings. The Hall–Kier alpha value is -2.05. The molecular weight excluding hydrogens is 349 g/mol. The van der Waals surface area contributed by atoms with Crippen molar-refractivity contribution >= 4 is 23.4 Å². The van der Waals surface area contributed by atoms with Gasteiger partial charge in [0.05, 0.1) is 11.6 Å². The van der Waals surface area contributed by atoms with Gasteiger partial charge in [0, 0.05) is 18.4 Å². The Kier molecular flexibility index (Phi) is 5.37. The summed E-state index contributed by atoms with van der Waals surface area (Å²) in [7, 11) is 1.88. The standard InChI is InChI=1S/C17H15ClFN3OS/c1-22-16(12-6-8-13(19)9-7-12)20-21-17(22)24-11-10-23-15-5-3-2-4-14(15)18/h2-9H,10-11H2,1H3. The van der Waals surface area contributed by atoms with Crippen LogP contribution in [0.4, 0.5) is 4.39 Å². The van der Waals surface area contributed by atoms with E-state index in [4.69, 9.17) is 16.3 Å². The molecule has 0 aliphatic carbocycles. The number of halogens is 2. The van der Waals surface area contributed by atoms with E-state index in [-0.39, 0.29) is 5.82 Å². The lowest BCUT2D eigenvalue weighted by Gasteiger charge is -2.07. The number of hydrogen-bond donors (Lipinski definition) is 0. The molecule has 0 amide bonds. The van der Waals surface area contributed by atoms with E-state index in [0.717, 1.165) is 10.7 Å². The first-order valence-electron chi connectivity index (χ1n) is 7.30. The third-order valence-electron chi connectivity index (χ3n) is 3.35. The lowest BCUT2D eigenvalue weighted by molar-refractivity contribution is 0.344. The predicted octanol–water partition coefficient (Wildman–Crippen LogP) is 4.45. The topological polar surface area (TPSA) is 39.9 Å². The van der Waals surface area contributed by atoms with E-state index in [1.54, 1.807) is 18.2 Å². The number of ether oxygens (including phenoxy) is 1. The highest BCUT2D eigenvalue weighted by Crippen LogP contribution is 2.25. The van der Waals surface area contributed by atoms with Gasteiger partial charge in [-0.2, -0.15) is 0 Å². The smallest absolute Gasteiger partial charge is 0.191 e. The van der Waals surface area contributed by atoms with Crippen molar-refractivity contribution in [3.05, 3.63) is 59.4 Å². The minimum absolute atomic E-state index is 0.271. The predicted molar refractivity (Wildman–Crippen MR) is 94.1 cm³/mol. The lowest BCUT2D eigenvalue weighted by atomic mass is 10.2. The first-order chi connectivity index (χ1) is 11.6. The van der Waals surface area contributed by atoms with E-state index in [1.807, 2.05) is 29.8 Å². The van der Waals surface area contributed by atoms with Gasteiger partial charge < -0.3 is 9.30 Å². The summed E-state index contributed by atoms with van der Waals surface area (Å²) in [6.07, 6.45) is 0. The number of aromatic nitrogens is 3. The highest BCUT2D eigenvalue weighted by molar-refractivity contribution is 7.99. The molecule has 1 heterocycles. The maximum Gasteiger partial charge on any atom is 0.191 e. The van der Waals surface area contributed by atoms with Crippen LogP contribution < -0.4 is 4.74 Å². The average Bonchev–Trinajstić information content (AvgIpc) is 2.95. The summed E-state index contributed by atoms with van der Waals surface area (Å²) < 4.78 is 20.5. The van der Waals surface area contributed by atoms with Gasteiger partial charge in [0.25, 0.3) is 0 Å². The van der Waals surface area contributed by atoms with E-state index >= 15 is 0 Å². The van der Waals surface area contributed by atoms with Crippen LogP contribution in [0.2, 0.25) is 5.02 Å². The highest BCUT2D eigenvalue weighted by atomic mass is 35.5. The molecule has 7 heteroatoms.